The molecule has 1 heterocycles. The molecule has 116 valence electrons. The lowest BCUT2D eigenvalue weighted by Gasteiger charge is -2.09. The van der Waals surface area contributed by atoms with Crippen LogP contribution in [0, 0.1) is 22.9 Å². The zero-order chi connectivity index (χ0) is 16.7. The average Bonchev–Trinajstić information content (AvgIpc) is 2.55. The summed E-state index contributed by atoms with van der Waals surface area (Å²) in [6.07, 6.45) is 0. The molecule has 0 spiro atoms. The van der Waals surface area contributed by atoms with Crippen molar-refractivity contribution in [1.29, 1.82) is 5.41 Å². The zero-order valence-electron chi connectivity index (χ0n) is 11.4. The second kappa shape index (κ2) is 5.28. The van der Waals surface area contributed by atoms with E-state index in [-0.39, 0.29) is 11.3 Å². The van der Waals surface area contributed by atoms with Crippen molar-refractivity contribution in [3.05, 3.63) is 75.4 Å². The predicted molar refractivity (Wildman–Crippen MR) is 76.4 cm³/mol. The van der Waals surface area contributed by atoms with E-state index in [0.717, 1.165) is 0 Å². The summed E-state index contributed by atoms with van der Waals surface area (Å²) in [5.41, 5.74) is -2.79. The highest BCUT2D eigenvalue weighted by atomic mass is 19.2. The molecule has 0 aliphatic heterocycles. The van der Waals surface area contributed by atoms with Crippen molar-refractivity contribution < 1.29 is 22.7 Å². The van der Waals surface area contributed by atoms with Crippen molar-refractivity contribution in [2.24, 2.45) is 0 Å². The SMILES string of the molecule is N=C(c1ccccc1)c1c(O)c2cc(F)c(F)c(F)c2oc1=O. The molecule has 4 nitrogen and oxygen atoms in total. The van der Waals surface area contributed by atoms with Gasteiger partial charge in [-0.2, -0.15) is 4.39 Å². The van der Waals surface area contributed by atoms with Crippen molar-refractivity contribution in [3.63, 3.8) is 0 Å². The van der Waals surface area contributed by atoms with Crippen LogP contribution in [-0.2, 0) is 0 Å². The van der Waals surface area contributed by atoms with Gasteiger partial charge >= 0.3 is 5.63 Å². The molecule has 0 saturated carbocycles. The van der Waals surface area contributed by atoms with Gasteiger partial charge in [0.25, 0.3) is 0 Å². The Bertz CT molecular complexity index is 997. The molecule has 2 N–H and O–H groups in total. The highest BCUT2D eigenvalue weighted by Crippen LogP contribution is 2.31. The normalized spacial score (nSPS) is 10.9. The van der Waals surface area contributed by atoms with Crippen LogP contribution < -0.4 is 5.63 Å². The van der Waals surface area contributed by atoms with E-state index in [2.05, 4.69) is 4.42 Å². The van der Waals surface area contributed by atoms with Crippen LogP contribution in [0.15, 0.2) is 45.6 Å². The lowest BCUT2D eigenvalue weighted by atomic mass is 10.0. The van der Waals surface area contributed by atoms with Crippen molar-refractivity contribution in [2.75, 3.05) is 0 Å². The number of fused-ring (bicyclic) bond motifs is 1. The van der Waals surface area contributed by atoms with E-state index in [4.69, 9.17) is 5.41 Å². The molecule has 0 saturated heterocycles. The molecule has 0 unspecified atom stereocenters. The van der Waals surface area contributed by atoms with Crippen LogP contribution in [0.4, 0.5) is 13.2 Å². The first-order valence-electron chi connectivity index (χ1n) is 6.39. The van der Waals surface area contributed by atoms with E-state index in [9.17, 15) is 23.1 Å². The van der Waals surface area contributed by atoms with Gasteiger partial charge in [0.2, 0.25) is 5.82 Å². The van der Waals surface area contributed by atoms with Crippen molar-refractivity contribution in [3.8, 4) is 5.75 Å². The topological polar surface area (TPSA) is 74.3 Å². The van der Waals surface area contributed by atoms with Crippen LogP contribution in [0.5, 0.6) is 5.75 Å². The summed E-state index contributed by atoms with van der Waals surface area (Å²) in [6, 6.07) is 8.44. The summed E-state index contributed by atoms with van der Waals surface area (Å²) in [6.45, 7) is 0. The Labute approximate surface area is 126 Å². The Hall–Kier alpha value is -3.09. The van der Waals surface area contributed by atoms with Crippen LogP contribution in [0.2, 0.25) is 0 Å². The van der Waals surface area contributed by atoms with E-state index in [1.807, 2.05) is 0 Å². The van der Waals surface area contributed by atoms with E-state index in [1.54, 1.807) is 18.2 Å². The Morgan fingerprint density at radius 3 is 2.39 bits per heavy atom. The number of aromatic hydroxyl groups is 1. The molecule has 3 rings (SSSR count). The summed E-state index contributed by atoms with van der Waals surface area (Å²) in [5, 5.41) is 17.6. The Morgan fingerprint density at radius 1 is 1.09 bits per heavy atom. The summed E-state index contributed by atoms with van der Waals surface area (Å²) in [7, 11) is 0. The van der Waals surface area contributed by atoms with E-state index >= 15 is 0 Å². The molecule has 0 fully saturated rings. The maximum Gasteiger partial charge on any atom is 0.349 e. The van der Waals surface area contributed by atoms with Crippen LogP contribution in [0.25, 0.3) is 11.0 Å². The average molecular weight is 319 g/mol. The highest BCUT2D eigenvalue weighted by molar-refractivity contribution is 6.14. The van der Waals surface area contributed by atoms with Gasteiger partial charge in [0.15, 0.2) is 17.2 Å². The standard InChI is InChI=1S/C16H8F3NO3/c17-9-6-8-14(21)10(13(20)7-4-2-1-3-5-7)16(22)23-15(8)12(19)11(9)18/h1-6,20-21H. The minimum atomic E-state index is -1.81. The Kier molecular flexibility index (Phi) is 3.40. The number of benzene rings is 2. The van der Waals surface area contributed by atoms with E-state index in [0.29, 0.717) is 6.07 Å². The summed E-state index contributed by atoms with van der Waals surface area (Å²) >= 11 is 0. The molecule has 2 aromatic carbocycles. The van der Waals surface area contributed by atoms with E-state index in [1.165, 1.54) is 12.1 Å². The highest BCUT2D eigenvalue weighted by Gasteiger charge is 2.24. The number of rotatable bonds is 2. The first-order valence-corrected chi connectivity index (χ1v) is 6.39. The van der Waals surface area contributed by atoms with Crippen LogP contribution in [-0.4, -0.2) is 10.8 Å². The van der Waals surface area contributed by atoms with E-state index < -0.39 is 45.4 Å². The van der Waals surface area contributed by atoms with Crippen LogP contribution >= 0.6 is 0 Å². The van der Waals surface area contributed by atoms with Gasteiger partial charge in [0, 0.05) is 5.56 Å². The largest absolute Gasteiger partial charge is 0.506 e. The molecular formula is C16H8F3NO3. The predicted octanol–water partition coefficient (Wildman–Crippen LogP) is 3.33. The minimum absolute atomic E-state index is 0.289. The fraction of sp³-hybridized carbons (Fsp3) is 0. The molecule has 0 amide bonds. The summed E-state index contributed by atoms with van der Waals surface area (Å²) in [5.74, 6) is -5.92. The molecule has 7 heteroatoms. The third-order valence-corrected chi connectivity index (χ3v) is 3.32. The number of nitrogens with one attached hydrogen (secondary N) is 1. The fourth-order valence-electron chi connectivity index (χ4n) is 2.20. The zero-order valence-corrected chi connectivity index (χ0v) is 11.4. The van der Waals surface area contributed by atoms with Gasteiger partial charge < -0.3 is 9.52 Å². The second-order valence-corrected chi connectivity index (χ2v) is 4.72. The molecular weight excluding hydrogens is 311 g/mol. The smallest absolute Gasteiger partial charge is 0.349 e. The van der Waals surface area contributed by atoms with Gasteiger partial charge in [-0.05, 0) is 6.07 Å². The monoisotopic (exact) mass is 319 g/mol. The van der Waals surface area contributed by atoms with Crippen molar-refractivity contribution in [2.45, 2.75) is 0 Å². The van der Waals surface area contributed by atoms with Gasteiger partial charge in [-0.3, -0.25) is 5.41 Å². The minimum Gasteiger partial charge on any atom is -0.506 e. The molecule has 0 aliphatic rings. The molecule has 1 aromatic heterocycles. The second-order valence-electron chi connectivity index (χ2n) is 4.72. The van der Waals surface area contributed by atoms with Gasteiger partial charge in [-0.1, -0.05) is 30.3 Å². The number of halogens is 3. The molecule has 0 aliphatic carbocycles. The number of hydrogen-bond acceptors (Lipinski definition) is 4. The molecule has 23 heavy (non-hydrogen) atoms. The van der Waals surface area contributed by atoms with Gasteiger partial charge in [0.05, 0.1) is 11.1 Å². The third kappa shape index (κ3) is 2.26. The first kappa shape index (κ1) is 14.8. The summed E-state index contributed by atoms with van der Waals surface area (Å²) in [4.78, 5) is 12.0. The lowest BCUT2D eigenvalue weighted by molar-refractivity contribution is 0.426. The maximum atomic E-state index is 13.7. The Balaban J connectivity index is 2.34. The summed E-state index contributed by atoms with van der Waals surface area (Å²) < 4.78 is 44.9. The quantitative estimate of drug-likeness (QED) is 0.432. The first-order chi connectivity index (χ1) is 10.9. The molecule has 0 bridgehead atoms. The van der Waals surface area contributed by atoms with Gasteiger partial charge in [0.1, 0.15) is 11.3 Å². The molecule has 3 aromatic rings. The van der Waals surface area contributed by atoms with Gasteiger partial charge in [-0.15, -0.1) is 0 Å². The Morgan fingerprint density at radius 2 is 1.74 bits per heavy atom. The maximum absolute atomic E-state index is 13.7. The molecule has 0 radical (unpaired) electrons. The third-order valence-electron chi connectivity index (χ3n) is 3.32. The lowest BCUT2D eigenvalue weighted by Crippen LogP contribution is -2.16. The fourth-order valence-corrected chi connectivity index (χ4v) is 2.20. The van der Waals surface area contributed by atoms with Crippen LogP contribution in [0.3, 0.4) is 0 Å². The van der Waals surface area contributed by atoms with Crippen molar-refractivity contribution >= 4 is 16.7 Å². The van der Waals surface area contributed by atoms with Crippen LogP contribution in [0.1, 0.15) is 11.1 Å². The van der Waals surface area contributed by atoms with Gasteiger partial charge in [-0.25, -0.2) is 13.6 Å². The number of hydrogen-bond donors (Lipinski definition) is 2. The van der Waals surface area contributed by atoms with Crippen molar-refractivity contribution in [1.82, 2.24) is 0 Å². The molecule has 0 atom stereocenters.